The number of nitrogens with one attached hydrogen (secondary N) is 1. The SMILES string of the molecule is CC1(C)[C@@H](OC(=O)CCC(=O)O)CC[C@]2(C)[C@H]3C(=O)N[C@H]4[C@@H]5C[C@@](C)(C(=O)O)CC[C@]5(C)CC[C@@]4(C)[C@]3(C)CC[C@@H]12. The summed E-state index contributed by atoms with van der Waals surface area (Å²) < 4.78 is 5.90. The Bertz CT molecular complexity index is 1150. The molecule has 0 aromatic rings. The number of carbonyl (C=O) groups is 4. The van der Waals surface area contributed by atoms with Gasteiger partial charge in [0.05, 0.1) is 18.3 Å². The van der Waals surface area contributed by atoms with E-state index in [0.29, 0.717) is 19.3 Å². The first-order valence-electron chi connectivity index (χ1n) is 15.8. The van der Waals surface area contributed by atoms with Crippen LogP contribution in [-0.2, 0) is 23.9 Å². The third-order valence-corrected chi connectivity index (χ3v) is 14.0. The molecule has 0 bridgehead atoms. The predicted molar refractivity (Wildman–Crippen MR) is 153 cm³/mol. The van der Waals surface area contributed by atoms with E-state index in [0.717, 1.165) is 38.5 Å². The fourth-order valence-corrected chi connectivity index (χ4v) is 11.2. The van der Waals surface area contributed by atoms with Crippen LogP contribution < -0.4 is 5.32 Å². The zero-order valence-electron chi connectivity index (χ0n) is 26.1. The fourth-order valence-electron chi connectivity index (χ4n) is 11.2. The van der Waals surface area contributed by atoms with Crippen LogP contribution in [0, 0.1) is 50.2 Å². The van der Waals surface area contributed by atoms with E-state index in [1.54, 1.807) is 0 Å². The number of hydrogen-bond acceptors (Lipinski definition) is 5. The van der Waals surface area contributed by atoms with Crippen molar-refractivity contribution in [2.24, 2.45) is 50.2 Å². The Labute approximate surface area is 244 Å². The Kier molecular flexibility index (Phi) is 6.99. The van der Waals surface area contributed by atoms with Gasteiger partial charge in [0.2, 0.25) is 5.91 Å². The number of hydrogen-bond donors (Lipinski definition) is 3. The summed E-state index contributed by atoms with van der Waals surface area (Å²) in [4.78, 5) is 50.2. The summed E-state index contributed by atoms with van der Waals surface area (Å²) in [5.41, 5.74) is -1.75. The molecule has 8 nitrogen and oxygen atoms in total. The van der Waals surface area contributed by atoms with Crippen molar-refractivity contribution in [3.63, 3.8) is 0 Å². The van der Waals surface area contributed by atoms with Gasteiger partial charge in [0, 0.05) is 17.4 Å². The highest BCUT2D eigenvalue weighted by molar-refractivity contribution is 5.83. The van der Waals surface area contributed by atoms with E-state index in [1.807, 2.05) is 6.92 Å². The molecule has 41 heavy (non-hydrogen) atoms. The van der Waals surface area contributed by atoms with Gasteiger partial charge in [-0.15, -0.1) is 0 Å². The number of fused-ring (bicyclic) bond motifs is 7. The second-order valence-corrected chi connectivity index (χ2v) is 16.4. The van der Waals surface area contributed by atoms with E-state index in [4.69, 9.17) is 9.84 Å². The van der Waals surface area contributed by atoms with Crippen LogP contribution in [0.15, 0.2) is 0 Å². The first kappa shape index (κ1) is 30.3. The van der Waals surface area contributed by atoms with Crippen molar-refractivity contribution in [2.45, 2.75) is 131 Å². The van der Waals surface area contributed by atoms with Crippen LogP contribution in [0.3, 0.4) is 0 Å². The molecule has 1 amide bonds. The number of rotatable bonds is 5. The van der Waals surface area contributed by atoms with Gasteiger partial charge in [0.1, 0.15) is 6.10 Å². The quantitative estimate of drug-likeness (QED) is 0.354. The minimum atomic E-state index is -1.01. The zero-order valence-corrected chi connectivity index (χ0v) is 26.1. The molecule has 4 aliphatic carbocycles. The minimum Gasteiger partial charge on any atom is -0.481 e. The van der Waals surface area contributed by atoms with Gasteiger partial charge in [-0.2, -0.15) is 0 Å². The highest BCUT2D eigenvalue weighted by atomic mass is 16.5. The monoisotopic (exact) mass is 573 g/mol. The van der Waals surface area contributed by atoms with Gasteiger partial charge in [-0.25, -0.2) is 0 Å². The summed E-state index contributed by atoms with van der Waals surface area (Å²) in [5.74, 6) is -1.98. The molecule has 5 rings (SSSR count). The molecule has 5 aliphatic rings. The summed E-state index contributed by atoms with van der Waals surface area (Å²) in [6, 6.07) is -0.0475. The van der Waals surface area contributed by atoms with Gasteiger partial charge in [0.15, 0.2) is 0 Å². The number of aliphatic carboxylic acids is 2. The molecule has 230 valence electrons. The van der Waals surface area contributed by atoms with Gasteiger partial charge in [-0.05, 0) is 98.2 Å². The summed E-state index contributed by atoms with van der Waals surface area (Å²) in [7, 11) is 0. The lowest BCUT2D eigenvalue weighted by atomic mass is 9.34. The third kappa shape index (κ3) is 4.27. The molecule has 8 heteroatoms. The van der Waals surface area contributed by atoms with Gasteiger partial charge in [0.25, 0.3) is 0 Å². The normalized spacial score (nSPS) is 48.4. The second-order valence-electron chi connectivity index (χ2n) is 16.4. The second kappa shape index (κ2) is 9.44. The number of carboxylic acids is 2. The molecule has 0 aromatic carbocycles. The molecule has 0 radical (unpaired) electrons. The Morgan fingerprint density at radius 3 is 2.15 bits per heavy atom. The third-order valence-electron chi connectivity index (χ3n) is 14.0. The fraction of sp³-hybridized carbons (Fsp3) is 0.879. The smallest absolute Gasteiger partial charge is 0.309 e. The van der Waals surface area contributed by atoms with Crippen molar-refractivity contribution >= 4 is 23.8 Å². The lowest BCUT2D eigenvalue weighted by molar-refractivity contribution is -0.237. The highest BCUT2D eigenvalue weighted by Gasteiger charge is 2.72. The maximum atomic E-state index is 14.4. The number of amides is 1. The van der Waals surface area contributed by atoms with Crippen LogP contribution in [0.2, 0.25) is 0 Å². The number of esters is 1. The number of ether oxygens (including phenoxy) is 1. The average molecular weight is 574 g/mol. The van der Waals surface area contributed by atoms with Crippen LogP contribution in [0.25, 0.3) is 0 Å². The molecule has 10 atom stereocenters. The van der Waals surface area contributed by atoms with Crippen molar-refractivity contribution in [3.05, 3.63) is 0 Å². The van der Waals surface area contributed by atoms with Gasteiger partial charge < -0.3 is 20.3 Å². The van der Waals surface area contributed by atoms with Crippen molar-refractivity contribution in [1.82, 2.24) is 5.32 Å². The Hall–Kier alpha value is -2.12. The van der Waals surface area contributed by atoms with E-state index in [1.165, 1.54) is 0 Å². The van der Waals surface area contributed by atoms with Crippen LogP contribution in [0.1, 0.15) is 119 Å². The maximum Gasteiger partial charge on any atom is 0.309 e. The molecule has 1 saturated heterocycles. The van der Waals surface area contributed by atoms with Crippen molar-refractivity contribution in [2.75, 3.05) is 0 Å². The topological polar surface area (TPSA) is 130 Å². The first-order chi connectivity index (χ1) is 18.8. The summed E-state index contributed by atoms with van der Waals surface area (Å²) >= 11 is 0. The van der Waals surface area contributed by atoms with Crippen LogP contribution >= 0.6 is 0 Å². The van der Waals surface area contributed by atoms with Gasteiger partial charge in [-0.1, -0.05) is 41.5 Å². The first-order valence-corrected chi connectivity index (χ1v) is 15.8. The summed E-state index contributed by atoms with van der Waals surface area (Å²) in [6.07, 6.45) is 6.81. The molecular formula is C33H51NO7. The van der Waals surface area contributed by atoms with E-state index in [9.17, 15) is 24.3 Å². The Morgan fingerprint density at radius 1 is 0.854 bits per heavy atom. The Morgan fingerprint density at radius 2 is 1.51 bits per heavy atom. The largest absolute Gasteiger partial charge is 0.481 e. The Balaban J connectivity index is 1.45. The number of carbonyl (C=O) groups excluding carboxylic acids is 2. The molecule has 0 aromatic heterocycles. The predicted octanol–water partition coefficient (Wildman–Crippen LogP) is 5.82. The van der Waals surface area contributed by atoms with Crippen molar-refractivity contribution < 1.29 is 34.1 Å². The van der Waals surface area contributed by atoms with Crippen LogP contribution in [0.5, 0.6) is 0 Å². The minimum absolute atomic E-state index is 0.0291. The maximum absolute atomic E-state index is 14.4. The van der Waals surface area contributed by atoms with E-state index in [2.05, 4.69) is 46.9 Å². The molecule has 0 unspecified atom stereocenters. The number of carboxylic acid groups (broad SMARTS) is 2. The molecule has 0 spiro atoms. The lowest BCUT2D eigenvalue weighted by Crippen LogP contribution is -2.75. The van der Waals surface area contributed by atoms with E-state index in [-0.39, 0.29) is 75.7 Å². The summed E-state index contributed by atoms with van der Waals surface area (Å²) in [5, 5.41) is 22.7. The average Bonchev–Trinajstić information content (AvgIpc) is 2.86. The zero-order chi connectivity index (χ0) is 30.4. The van der Waals surface area contributed by atoms with E-state index >= 15 is 0 Å². The van der Waals surface area contributed by atoms with Crippen molar-refractivity contribution in [1.29, 1.82) is 0 Å². The van der Waals surface area contributed by atoms with Gasteiger partial charge in [-0.3, -0.25) is 19.2 Å². The molecular weight excluding hydrogens is 522 g/mol. The lowest BCUT2D eigenvalue weighted by Gasteiger charge is -2.72. The van der Waals surface area contributed by atoms with Crippen LogP contribution in [-0.4, -0.2) is 46.2 Å². The molecule has 3 N–H and O–H groups in total. The van der Waals surface area contributed by atoms with Crippen molar-refractivity contribution in [3.8, 4) is 0 Å². The molecule has 4 saturated carbocycles. The highest BCUT2D eigenvalue weighted by Crippen LogP contribution is 2.73. The number of piperidine rings is 1. The molecule has 1 aliphatic heterocycles. The van der Waals surface area contributed by atoms with Gasteiger partial charge >= 0.3 is 17.9 Å². The summed E-state index contributed by atoms with van der Waals surface area (Å²) in [6.45, 7) is 15.5. The standard InChI is InChI=1S/C33H51NO7/c1-28(2)20-10-13-32(6)24(31(20,5)12-11-21(28)41-23(37)9-8-22(35)36)26(38)34-25-19-18-30(4,27(39)40)15-14-29(19,3)16-17-33(25,32)7/h19-21,24-25H,8-18H2,1-7H3,(H,34,38)(H,35,36)(H,39,40)/t19-,20-,21-,24+,25-,29+,30-,31-,32+,33+/m0/s1. The van der Waals surface area contributed by atoms with E-state index < -0.39 is 23.3 Å². The van der Waals surface area contributed by atoms with Crippen LogP contribution in [0.4, 0.5) is 0 Å². The molecule has 1 heterocycles. The molecule has 5 fully saturated rings.